The lowest BCUT2D eigenvalue weighted by molar-refractivity contribution is 0.00473. The van der Waals surface area contributed by atoms with Crippen molar-refractivity contribution >= 4 is 17.4 Å². The van der Waals surface area contributed by atoms with E-state index in [0.717, 1.165) is 0 Å². The number of rotatable bonds is 5. The first-order valence-electron chi connectivity index (χ1n) is 11.3. The van der Waals surface area contributed by atoms with Crippen LogP contribution in [0.3, 0.4) is 0 Å². The number of phenols is 1. The van der Waals surface area contributed by atoms with E-state index in [4.69, 9.17) is 11.6 Å². The minimum atomic E-state index is -1.19. The topological polar surface area (TPSA) is 104 Å². The molecule has 1 saturated heterocycles. The Bertz CT molecular complexity index is 1520. The summed E-state index contributed by atoms with van der Waals surface area (Å²) in [5.41, 5.74) is 0.544. The molecule has 5 rings (SSSR count). The van der Waals surface area contributed by atoms with E-state index in [2.05, 4.69) is 4.98 Å². The zero-order chi connectivity index (χ0) is 25.6. The highest BCUT2D eigenvalue weighted by atomic mass is 35.5. The lowest BCUT2D eigenvalue weighted by Crippen LogP contribution is -2.36. The van der Waals surface area contributed by atoms with Crippen molar-refractivity contribution in [2.45, 2.75) is 12.0 Å². The predicted octanol–water partition coefficient (Wildman–Crippen LogP) is 3.34. The molecule has 1 fully saturated rings. The van der Waals surface area contributed by atoms with Gasteiger partial charge < -0.3 is 24.8 Å². The standard InChI is InChI=1S/C26H24ClFN4O4/c1-30-8-9-32(25(30)35)22-3-2-16(10-21(22)27)19-12-18(28)13-20(24(19)34)17-4-6-29-23(11-17)31-7-5-26(36,14-31)15-33/h2-4,6,8-13,33-34,36H,5,7,14-15H2,1H3. The largest absolute Gasteiger partial charge is 0.507 e. The molecule has 1 aliphatic heterocycles. The van der Waals surface area contributed by atoms with Crippen LogP contribution in [0.1, 0.15) is 6.42 Å². The summed E-state index contributed by atoms with van der Waals surface area (Å²) in [6, 6.07) is 10.7. The molecule has 0 saturated carbocycles. The number of benzene rings is 2. The number of hydrogen-bond acceptors (Lipinski definition) is 6. The second-order valence-electron chi connectivity index (χ2n) is 9.03. The van der Waals surface area contributed by atoms with Gasteiger partial charge in [-0.3, -0.25) is 4.57 Å². The molecule has 0 aliphatic carbocycles. The van der Waals surface area contributed by atoms with E-state index in [1.54, 1.807) is 56.0 Å². The number of aryl methyl sites for hydroxylation is 1. The molecule has 1 atom stereocenters. The molecular formula is C26H24ClFN4O4. The van der Waals surface area contributed by atoms with Crippen LogP contribution in [-0.4, -0.2) is 54.7 Å². The minimum Gasteiger partial charge on any atom is -0.507 e. The Labute approximate surface area is 211 Å². The third kappa shape index (κ3) is 4.26. The quantitative estimate of drug-likeness (QED) is 0.380. The van der Waals surface area contributed by atoms with E-state index in [-0.39, 0.29) is 40.7 Å². The Morgan fingerprint density at radius 2 is 1.83 bits per heavy atom. The van der Waals surface area contributed by atoms with Gasteiger partial charge in [-0.15, -0.1) is 0 Å². The summed E-state index contributed by atoms with van der Waals surface area (Å²) >= 11 is 6.48. The number of aliphatic hydroxyl groups excluding tert-OH is 1. The average Bonchev–Trinajstić information content (AvgIpc) is 3.43. The van der Waals surface area contributed by atoms with E-state index < -0.39 is 11.4 Å². The lowest BCUT2D eigenvalue weighted by atomic mass is 9.97. The highest BCUT2D eigenvalue weighted by Gasteiger charge is 2.36. The van der Waals surface area contributed by atoms with Gasteiger partial charge >= 0.3 is 5.69 Å². The van der Waals surface area contributed by atoms with Gasteiger partial charge in [-0.25, -0.2) is 14.2 Å². The zero-order valence-corrected chi connectivity index (χ0v) is 20.2. The van der Waals surface area contributed by atoms with E-state index >= 15 is 0 Å². The SMILES string of the molecule is Cn1ccn(-c2ccc(-c3cc(F)cc(-c4ccnc(N5CCC(O)(CO)C5)c4)c3O)cc2Cl)c1=O. The summed E-state index contributed by atoms with van der Waals surface area (Å²) in [4.78, 5) is 18.5. The third-order valence-corrected chi connectivity index (χ3v) is 6.85. The smallest absolute Gasteiger partial charge is 0.332 e. The van der Waals surface area contributed by atoms with Gasteiger partial charge in [0, 0.05) is 43.3 Å². The molecule has 3 heterocycles. The Morgan fingerprint density at radius 3 is 2.44 bits per heavy atom. The maximum Gasteiger partial charge on any atom is 0.332 e. The lowest BCUT2D eigenvalue weighted by Gasteiger charge is -2.22. The molecule has 2 aromatic carbocycles. The van der Waals surface area contributed by atoms with Crippen LogP contribution >= 0.6 is 11.6 Å². The monoisotopic (exact) mass is 510 g/mol. The Hall–Kier alpha value is -3.66. The van der Waals surface area contributed by atoms with Crippen LogP contribution < -0.4 is 10.6 Å². The highest BCUT2D eigenvalue weighted by molar-refractivity contribution is 6.32. The first kappa shape index (κ1) is 24.1. The molecule has 10 heteroatoms. The van der Waals surface area contributed by atoms with Crippen molar-refractivity contribution in [3.8, 4) is 33.7 Å². The molecule has 186 valence electrons. The number of phenolic OH excluding ortho intramolecular Hbond substituents is 1. The van der Waals surface area contributed by atoms with Crippen molar-refractivity contribution < 1.29 is 19.7 Å². The van der Waals surface area contributed by atoms with Crippen LogP contribution in [-0.2, 0) is 7.05 Å². The van der Waals surface area contributed by atoms with E-state index in [9.17, 15) is 24.5 Å². The number of nitrogens with zero attached hydrogens (tertiary/aromatic N) is 4. The van der Waals surface area contributed by atoms with Gasteiger partial charge in [0.15, 0.2) is 0 Å². The van der Waals surface area contributed by atoms with Gasteiger partial charge in [0.05, 0.1) is 23.9 Å². The second-order valence-corrected chi connectivity index (χ2v) is 9.44. The van der Waals surface area contributed by atoms with Crippen molar-refractivity contribution in [2.24, 2.45) is 7.05 Å². The summed E-state index contributed by atoms with van der Waals surface area (Å²) in [6.07, 6.45) is 5.17. The number of aromatic nitrogens is 3. The fourth-order valence-corrected chi connectivity index (χ4v) is 4.77. The molecule has 2 aromatic heterocycles. The number of halogens is 2. The van der Waals surface area contributed by atoms with Gasteiger partial charge in [0.1, 0.15) is 23.0 Å². The van der Waals surface area contributed by atoms with Crippen LogP contribution in [0, 0.1) is 5.82 Å². The summed E-state index contributed by atoms with van der Waals surface area (Å²) < 4.78 is 17.6. The number of aromatic hydroxyl groups is 1. The van der Waals surface area contributed by atoms with Gasteiger partial charge in [-0.05, 0) is 53.9 Å². The van der Waals surface area contributed by atoms with Crippen LogP contribution in [0.4, 0.5) is 10.2 Å². The summed E-state index contributed by atoms with van der Waals surface area (Å²) in [6.45, 7) is 0.371. The maximum absolute atomic E-state index is 14.7. The minimum absolute atomic E-state index is 0.137. The van der Waals surface area contributed by atoms with Crippen LogP contribution in [0.5, 0.6) is 5.75 Å². The predicted molar refractivity (Wildman–Crippen MR) is 135 cm³/mol. The van der Waals surface area contributed by atoms with Crippen molar-refractivity contribution in [2.75, 3.05) is 24.6 Å². The Balaban J connectivity index is 1.53. The first-order valence-corrected chi connectivity index (χ1v) is 11.7. The summed E-state index contributed by atoms with van der Waals surface area (Å²) in [5.74, 6) is -0.142. The molecule has 0 spiro atoms. The second kappa shape index (κ2) is 9.09. The number of anilines is 1. The third-order valence-electron chi connectivity index (χ3n) is 6.55. The van der Waals surface area contributed by atoms with Crippen LogP contribution in [0.15, 0.2) is 65.8 Å². The molecule has 8 nitrogen and oxygen atoms in total. The molecule has 0 radical (unpaired) electrons. The molecule has 1 unspecified atom stereocenters. The van der Waals surface area contributed by atoms with Crippen molar-refractivity contribution in [3.63, 3.8) is 0 Å². The Morgan fingerprint density at radius 1 is 1.11 bits per heavy atom. The van der Waals surface area contributed by atoms with Gasteiger partial charge in [-0.2, -0.15) is 0 Å². The zero-order valence-electron chi connectivity index (χ0n) is 19.4. The number of imidazole rings is 1. The van der Waals surface area contributed by atoms with Crippen LogP contribution in [0.25, 0.3) is 27.9 Å². The number of β-amino-alcohol motifs (C(OH)–C–C–N with tert-alkyl or cyclic N) is 1. The van der Waals surface area contributed by atoms with Crippen molar-refractivity contribution in [1.82, 2.24) is 14.1 Å². The molecule has 3 N–H and O–H groups in total. The van der Waals surface area contributed by atoms with Gasteiger partial charge in [-0.1, -0.05) is 17.7 Å². The number of pyridine rings is 1. The van der Waals surface area contributed by atoms with E-state index in [1.165, 1.54) is 21.3 Å². The first-order chi connectivity index (χ1) is 17.2. The van der Waals surface area contributed by atoms with E-state index in [1.807, 2.05) is 4.90 Å². The Kier molecular flexibility index (Phi) is 6.07. The molecular weight excluding hydrogens is 487 g/mol. The van der Waals surface area contributed by atoms with E-state index in [0.29, 0.717) is 35.6 Å². The normalized spacial score (nSPS) is 17.6. The average molecular weight is 511 g/mol. The molecule has 36 heavy (non-hydrogen) atoms. The maximum atomic E-state index is 14.7. The van der Waals surface area contributed by atoms with Crippen molar-refractivity contribution in [3.05, 3.63) is 82.4 Å². The summed E-state index contributed by atoms with van der Waals surface area (Å²) in [7, 11) is 1.63. The van der Waals surface area contributed by atoms with Gasteiger partial charge in [0.2, 0.25) is 0 Å². The van der Waals surface area contributed by atoms with Crippen LogP contribution in [0.2, 0.25) is 5.02 Å². The highest BCUT2D eigenvalue weighted by Crippen LogP contribution is 2.41. The van der Waals surface area contributed by atoms with Gasteiger partial charge in [0.25, 0.3) is 0 Å². The fourth-order valence-electron chi connectivity index (χ4n) is 4.50. The molecule has 0 bridgehead atoms. The van der Waals surface area contributed by atoms with Crippen molar-refractivity contribution in [1.29, 1.82) is 0 Å². The molecule has 4 aromatic rings. The summed E-state index contributed by atoms with van der Waals surface area (Å²) in [5, 5.41) is 31.2. The number of aliphatic hydroxyl groups is 2. The number of hydrogen-bond donors (Lipinski definition) is 3. The molecule has 1 aliphatic rings. The molecule has 0 amide bonds. The fraction of sp³-hybridized carbons (Fsp3) is 0.231.